The first-order valence-electron chi connectivity index (χ1n) is 6.32. The molecule has 1 unspecified atom stereocenters. The van der Waals surface area contributed by atoms with Crippen molar-refractivity contribution in [1.29, 1.82) is 0 Å². The molecular formula is C14H21N3O. The number of fused-ring (bicyclic) bond motifs is 1. The van der Waals surface area contributed by atoms with Crippen molar-refractivity contribution in [2.24, 2.45) is 11.7 Å². The van der Waals surface area contributed by atoms with Gasteiger partial charge < -0.3 is 15.0 Å². The van der Waals surface area contributed by atoms with E-state index in [4.69, 9.17) is 10.5 Å². The van der Waals surface area contributed by atoms with Crippen molar-refractivity contribution in [2.75, 3.05) is 7.11 Å². The zero-order chi connectivity index (χ0) is 13.3. The lowest BCUT2D eigenvalue weighted by Gasteiger charge is -2.13. The molecule has 0 aliphatic carbocycles. The van der Waals surface area contributed by atoms with Crippen LogP contribution in [-0.2, 0) is 6.54 Å². The number of nitrogens with two attached hydrogens (primary N) is 1. The summed E-state index contributed by atoms with van der Waals surface area (Å²) in [4.78, 5) is 4.63. The normalized spacial score (nSPS) is 13.2. The van der Waals surface area contributed by atoms with E-state index in [0.717, 1.165) is 29.2 Å². The molecule has 0 aliphatic heterocycles. The summed E-state index contributed by atoms with van der Waals surface area (Å²) in [5.74, 6) is 2.32. The number of hydrogen-bond acceptors (Lipinski definition) is 3. The van der Waals surface area contributed by atoms with Crippen LogP contribution in [0.5, 0.6) is 5.75 Å². The Hall–Kier alpha value is -1.55. The molecule has 1 aromatic heterocycles. The number of imidazole rings is 1. The van der Waals surface area contributed by atoms with Gasteiger partial charge in [-0.15, -0.1) is 0 Å². The average molecular weight is 247 g/mol. The molecule has 98 valence electrons. The monoisotopic (exact) mass is 247 g/mol. The van der Waals surface area contributed by atoms with Crippen LogP contribution in [0.1, 0.15) is 32.6 Å². The molecule has 0 saturated carbocycles. The first-order chi connectivity index (χ1) is 8.52. The minimum absolute atomic E-state index is 0.0675. The van der Waals surface area contributed by atoms with Gasteiger partial charge in [0.05, 0.1) is 24.2 Å². The number of hydrogen-bond donors (Lipinski definition) is 1. The molecule has 0 saturated heterocycles. The summed E-state index contributed by atoms with van der Waals surface area (Å²) in [5.41, 5.74) is 8.08. The summed E-state index contributed by atoms with van der Waals surface area (Å²) in [7, 11) is 1.67. The van der Waals surface area contributed by atoms with Crippen LogP contribution in [0.4, 0.5) is 0 Å². The molecule has 0 radical (unpaired) electrons. The maximum absolute atomic E-state index is 6.01. The van der Waals surface area contributed by atoms with E-state index in [1.165, 1.54) is 0 Å². The van der Waals surface area contributed by atoms with Gasteiger partial charge in [0.2, 0.25) is 0 Å². The Labute approximate surface area is 108 Å². The Balaban J connectivity index is 2.59. The number of nitrogens with zero attached hydrogens (tertiary/aromatic N) is 2. The predicted octanol–water partition coefficient (Wildman–Crippen LogP) is 2.72. The Kier molecular flexibility index (Phi) is 3.57. The largest absolute Gasteiger partial charge is 0.497 e. The molecule has 0 aliphatic rings. The Morgan fingerprint density at radius 3 is 2.61 bits per heavy atom. The number of ether oxygens (including phenoxy) is 1. The van der Waals surface area contributed by atoms with Crippen LogP contribution in [0.25, 0.3) is 11.0 Å². The van der Waals surface area contributed by atoms with E-state index >= 15 is 0 Å². The molecule has 0 spiro atoms. The van der Waals surface area contributed by atoms with E-state index in [2.05, 4.69) is 29.5 Å². The van der Waals surface area contributed by atoms with E-state index in [1.54, 1.807) is 7.11 Å². The molecule has 4 heteroatoms. The molecule has 2 N–H and O–H groups in total. The van der Waals surface area contributed by atoms with Crippen molar-refractivity contribution in [1.82, 2.24) is 9.55 Å². The third-order valence-corrected chi connectivity index (χ3v) is 2.94. The lowest BCUT2D eigenvalue weighted by molar-refractivity contribution is 0.415. The molecule has 2 rings (SSSR count). The van der Waals surface area contributed by atoms with E-state index in [0.29, 0.717) is 5.92 Å². The fourth-order valence-corrected chi connectivity index (χ4v) is 2.16. The minimum Gasteiger partial charge on any atom is -0.497 e. The lowest BCUT2D eigenvalue weighted by atomic mass is 10.2. The smallest absolute Gasteiger partial charge is 0.126 e. The fraction of sp³-hybridized carbons (Fsp3) is 0.500. The zero-order valence-electron chi connectivity index (χ0n) is 11.5. The van der Waals surface area contributed by atoms with Crippen molar-refractivity contribution < 1.29 is 4.74 Å². The van der Waals surface area contributed by atoms with Crippen molar-refractivity contribution >= 4 is 11.0 Å². The highest BCUT2D eigenvalue weighted by atomic mass is 16.5. The van der Waals surface area contributed by atoms with Crippen molar-refractivity contribution in [3.63, 3.8) is 0 Å². The fourth-order valence-electron chi connectivity index (χ4n) is 2.16. The Morgan fingerprint density at radius 1 is 1.33 bits per heavy atom. The molecule has 0 fully saturated rings. The molecule has 0 bridgehead atoms. The van der Waals surface area contributed by atoms with Crippen LogP contribution in [0.3, 0.4) is 0 Å². The van der Waals surface area contributed by atoms with Crippen molar-refractivity contribution in [2.45, 2.75) is 33.4 Å². The second-order valence-corrected chi connectivity index (χ2v) is 5.12. The summed E-state index contributed by atoms with van der Waals surface area (Å²) in [6.07, 6.45) is 0. The number of rotatable bonds is 4. The molecule has 0 amide bonds. The molecular weight excluding hydrogens is 226 g/mol. The standard InChI is InChI=1S/C14H21N3O/c1-9(2)8-17-13-6-5-11(18-4)7-12(13)16-14(17)10(3)15/h5-7,9-10H,8,15H2,1-4H3. The lowest BCUT2D eigenvalue weighted by Crippen LogP contribution is -2.15. The topological polar surface area (TPSA) is 53.1 Å². The first-order valence-corrected chi connectivity index (χ1v) is 6.32. The molecule has 18 heavy (non-hydrogen) atoms. The van der Waals surface area contributed by atoms with Gasteiger partial charge >= 0.3 is 0 Å². The highest BCUT2D eigenvalue weighted by molar-refractivity contribution is 5.78. The van der Waals surface area contributed by atoms with Gasteiger partial charge in [-0.25, -0.2) is 4.98 Å². The minimum atomic E-state index is -0.0675. The van der Waals surface area contributed by atoms with Gasteiger partial charge in [-0.3, -0.25) is 0 Å². The Bertz CT molecular complexity index is 543. The molecule has 1 aromatic carbocycles. The Morgan fingerprint density at radius 2 is 2.06 bits per heavy atom. The van der Waals surface area contributed by atoms with Crippen LogP contribution in [-0.4, -0.2) is 16.7 Å². The van der Waals surface area contributed by atoms with Crippen LogP contribution in [0.2, 0.25) is 0 Å². The van der Waals surface area contributed by atoms with Gasteiger partial charge in [-0.05, 0) is 25.0 Å². The van der Waals surface area contributed by atoms with Gasteiger partial charge in [0.25, 0.3) is 0 Å². The van der Waals surface area contributed by atoms with Gasteiger partial charge in [0, 0.05) is 12.6 Å². The van der Waals surface area contributed by atoms with Gasteiger partial charge in [-0.2, -0.15) is 0 Å². The highest BCUT2D eigenvalue weighted by Gasteiger charge is 2.15. The summed E-state index contributed by atoms with van der Waals surface area (Å²) in [6, 6.07) is 5.90. The summed E-state index contributed by atoms with van der Waals surface area (Å²) in [6.45, 7) is 7.29. The van der Waals surface area contributed by atoms with Crippen LogP contribution in [0, 0.1) is 5.92 Å². The highest BCUT2D eigenvalue weighted by Crippen LogP contribution is 2.24. The van der Waals surface area contributed by atoms with Crippen molar-refractivity contribution in [3.8, 4) is 5.75 Å². The second-order valence-electron chi connectivity index (χ2n) is 5.12. The van der Waals surface area contributed by atoms with E-state index in [-0.39, 0.29) is 6.04 Å². The molecule has 1 atom stereocenters. The quantitative estimate of drug-likeness (QED) is 0.903. The summed E-state index contributed by atoms with van der Waals surface area (Å²) in [5, 5.41) is 0. The zero-order valence-corrected chi connectivity index (χ0v) is 11.5. The summed E-state index contributed by atoms with van der Waals surface area (Å²) >= 11 is 0. The summed E-state index contributed by atoms with van der Waals surface area (Å²) < 4.78 is 7.44. The van der Waals surface area contributed by atoms with Gasteiger partial charge in [-0.1, -0.05) is 13.8 Å². The second kappa shape index (κ2) is 4.98. The van der Waals surface area contributed by atoms with E-state index in [1.807, 2.05) is 19.1 Å². The van der Waals surface area contributed by atoms with Crippen LogP contribution < -0.4 is 10.5 Å². The van der Waals surface area contributed by atoms with E-state index in [9.17, 15) is 0 Å². The van der Waals surface area contributed by atoms with E-state index < -0.39 is 0 Å². The van der Waals surface area contributed by atoms with Crippen molar-refractivity contribution in [3.05, 3.63) is 24.0 Å². The molecule has 2 aromatic rings. The molecule has 1 heterocycles. The number of methoxy groups -OCH3 is 1. The number of benzene rings is 1. The average Bonchev–Trinajstić information content (AvgIpc) is 2.66. The van der Waals surface area contributed by atoms with Crippen LogP contribution in [0.15, 0.2) is 18.2 Å². The SMILES string of the molecule is COc1ccc2c(c1)nc(C(C)N)n2CC(C)C. The van der Waals surface area contributed by atoms with Gasteiger partial charge in [0.15, 0.2) is 0 Å². The maximum atomic E-state index is 6.01. The third kappa shape index (κ3) is 2.34. The predicted molar refractivity (Wildman–Crippen MR) is 73.7 cm³/mol. The van der Waals surface area contributed by atoms with Crippen LogP contribution >= 0.6 is 0 Å². The first kappa shape index (κ1) is 12.9. The van der Waals surface area contributed by atoms with Gasteiger partial charge in [0.1, 0.15) is 11.6 Å². The third-order valence-electron chi connectivity index (χ3n) is 2.94. The molecule has 4 nitrogen and oxygen atoms in total. The maximum Gasteiger partial charge on any atom is 0.126 e. The number of aromatic nitrogens is 2.